The van der Waals surface area contributed by atoms with Crippen molar-refractivity contribution in [3.8, 4) is 11.1 Å². The average molecular weight is 378 g/mol. The lowest BCUT2D eigenvalue weighted by molar-refractivity contribution is 0.0827. The molecule has 2 aromatic rings. The Balaban J connectivity index is 1.41. The molecule has 0 aliphatic carbocycles. The smallest absolute Gasteiger partial charge is 0.253 e. The summed E-state index contributed by atoms with van der Waals surface area (Å²) in [4.78, 5) is 18.9. The first-order valence-electron chi connectivity index (χ1n) is 10.5. The van der Waals surface area contributed by atoms with Gasteiger partial charge in [0.15, 0.2) is 0 Å². The molecule has 2 aliphatic rings. The highest BCUT2D eigenvalue weighted by Crippen LogP contribution is 2.27. The molecule has 0 bridgehead atoms. The number of carbonyl (C=O) groups excluding carboxylic acids is 1. The topological polar surface area (TPSA) is 26.8 Å². The maximum absolute atomic E-state index is 12.1. The van der Waals surface area contributed by atoms with Crippen molar-refractivity contribution in [3.05, 3.63) is 59.2 Å². The molecule has 2 aliphatic heterocycles. The van der Waals surface area contributed by atoms with Gasteiger partial charge in [-0.05, 0) is 66.7 Å². The van der Waals surface area contributed by atoms with Crippen LogP contribution in [0.25, 0.3) is 11.1 Å². The highest BCUT2D eigenvalue weighted by atomic mass is 16.2. The quantitative estimate of drug-likeness (QED) is 0.798. The third kappa shape index (κ3) is 4.29. The SMILES string of the molecule is CN(C)C(=O)c1ccc(-c2ccc3c(c2)CCN(CCN2CCCC2)C3)cc1. The molecule has 4 rings (SSSR count). The van der Waals surface area contributed by atoms with E-state index in [0.29, 0.717) is 0 Å². The minimum atomic E-state index is 0.0472. The van der Waals surface area contributed by atoms with Gasteiger partial charge in [-0.15, -0.1) is 0 Å². The summed E-state index contributed by atoms with van der Waals surface area (Å²) < 4.78 is 0. The van der Waals surface area contributed by atoms with Crippen LogP contribution in [0.4, 0.5) is 0 Å². The lowest BCUT2D eigenvalue weighted by Crippen LogP contribution is -2.37. The summed E-state index contributed by atoms with van der Waals surface area (Å²) in [6, 6.07) is 14.8. The molecular formula is C24H31N3O. The molecule has 4 heteroatoms. The van der Waals surface area contributed by atoms with E-state index in [1.54, 1.807) is 19.0 Å². The van der Waals surface area contributed by atoms with E-state index < -0.39 is 0 Å². The van der Waals surface area contributed by atoms with Gasteiger partial charge in [0.25, 0.3) is 5.91 Å². The number of hydrogen-bond acceptors (Lipinski definition) is 3. The van der Waals surface area contributed by atoms with Crippen molar-refractivity contribution in [2.24, 2.45) is 0 Å². The zero-order valence-electron chi connectivity index (χ0n) is 17.2. The maximum Gasteiger partial charge on any atom is 0.253 e. The fourth-order valence-electron chi connectivity index (χ4n) is 4.33. The summed E-state index contributed by atoms with van der Waals surface area (Å²) in [5, 5.41) is 0. The molecule has 0 spiro atoms. The molecule has 0 unspecified atom stereocenters. The van der Waals surface area contributed by atoms with Gasteiger partial charge in [-0.1, -0.05) is 30.3 Å². The predicted octanol–water partition coefficient (Wildman–Crippen LogP) is 3.51. The van der Waals surface area contributed by atoms with Gasteiger partial charge in [-0.3, -0.25) is 9.69 Å². The van der Waals surface area contributed by atoms with Crippen molar-refractivity contribution in [2.45, 2.75) is 25.8 Å². The van der Waals surface area contributed by atoms with Crippen LogP contribution in [-0.4, -0.2) is 67.4 Å². The first kappa shape index (κ1) is 19.2. The van der Waals surface area contributed by atoms with Crippen LogP contribution >= 0.6 is 0 Å². The lowest BCUT2D eigenvalue weighted by atomic mass is 9.94. The molecule has 0 atom stereocenters. The molecule has 2 heterocycles. The number of fused-ring (bicyclic) bond motifs is 1. The second-order valence-corrected chi connectivity index (χ2v) is 8.34. The highest BCUT2D eigenvalue weighted by molar-refractivity contribution is 5.94. The van der Waals surface area contributed by atoms with Gasteiger partial charge in [0.1, 0.15) is 0 Å². The second kappa shape index (κ2) is 8.46. The van der Waals surface area contributed by atoms with E-state index in [1.807, 2.05) is 12.1 Å². The largest absolute Gasteiger partial charge is 0.345 e. The van der Waals surface area contributed by atoms with E-state index in [-0.39, 0.29) is 5.91 Å². The first-order valence-corrected chi connectivity index (χ1v) is 10.5. The molecule has 0 radical (unpaired) electrons. The summed E-state index contributed by atoms with van der Waals surface area (Å²) in [7, 11) is 3.57. The fraction of sp³-hybridized carbons (Fsp3) is 0.458. The van der Waals surface area contributed by atoms with Gasteiger partial charge < -0.3 is 9.80 Å². The van der Waals surface area contributed by atoms with Gasteiger partial charge in [0.05, 0.1) is 0 Å². The summed E-state index contributed by atoms with van der Waals surface area (Å²) in [6.07, 6.45) is 3.87. The normalized spacial score (nSPS) is 17.5. The van der Waals surface area contributed by atoms with Crippen LogP contribution in [0.1, 0.15) is 34.3 Å². The Kier molecular flexibility index (Phi) is 5.79. The summed E-state index contributed by atoms with van der Waals surface area (Å²) in [5.41, 5.74) is 6.10. The van der Waals surface area contributed by atoms with Crippen molar-refractivity contribution in [1.29, 1.82) is 0 Å². The number of benzene rings is 2. The van der Waals surface area contributed by atoms with Crippen molar-refractivity contribution < 1.29 is 4.79 Å². The van der Waals surface area contributed by atoms with Crippen molar-refractivity contribution in [3.63, 3.8) is 0 Å². The van der Waals surface area contributed by atoms with Crippen molar-refractivity contribution in [1.82, 2.24) is 14.7 Å². The molecule has 1 amide bonds. The summed E-state index contributed by atoms with van der Waals surface area (Å²) >= 11 is 0. The predicted molar refractivity (Wildman–Crippen MR) is 115 cm³/mol. The Hall–Kier alpha value is -2.17. The minimum Gasteiger partial charge on any atom is -0.345 e. The van der Waals surface area contributed by atoms with Gasteiger partial charge in [-0.25, -0.2) is 0 Å². The Morgan fingerprint density at radius 3 is 2.25 bits per heavy atom. The molecule has 0 aromatic heterocycles. The number of hydrogen-bond donors (Lipinski definition) is 0. The van der Waals surface area contributed by atoms with Gasteiger partial charge >= 0.3 is 0 Å². The Bertz CT molecular complexity index is 822. The van der Waals surface area contributed by atoms with Crippen molar-refractivity contribution >= 4 is 5.91 Å². The molecule has 2 aromatic carbocycles. The molecule has 4 nitrogen and oxygen atoms in total. The number of amides is 1. The van der Waals surface area contributed by atoms with Crippen LogP contribution in [0.3, 0.4) is 0 Å². The third-order valence-corrected chi connectivity index (χ3v) is 6.10. The van der Waals surface area contributed by atoms with Gasteiger partial charge in [0.2, 0.25) is 0 Å². The van der Waals surface area contributed by atoms with E-state index in [4.69, 9.17) is 0 Å². The molecule has 28 heavy (non-hydrogen) atoms. The standard InChI is InChI=1S/C24H31N3O/c1-25(2)24(28)20-7-5-19(6-8-20)21-9-10-23-18-27(14-11-22(23)17-21)16-15-26-12-3-4-13-26/h5-10,17H,3-4,11-16,18H2,1-2H3. The van der Waals surface area contributed by atoms with Crippen molar-refractivity contribution in [2.75, 3.05) is 46.8 Å². The fourth-order valence-corrected chi connectivity index (χ4v) is 4.33. The third-order valence-electron chi connectivity index (χ3n) is 6.10. The van der Waals surface area contributed by atoms with Crippen LogP contribution in [0.5, 0.6) is 0 Å². The Labute approximate surface area is 168 Å². The van der Waals surface area contributed by atoms with Crippen LogP contribution in [0.15, 0.2) is 42.5 Å². The average Bonchev–Trinajstić information content (AvgIpc) is 3.25. The number of likely N-dealkylation sites (tertiary alicyclic amines) is 1. The number of nitrogens with zero attached hydrogens (tertiary/aromatic N) is 3. The minimum absolute atomic E-state index is 0.0472. The van der Waals surface area contributed by atoms with Crippen LogP contribution in [0, 0.1) is 0 Å². The molecule has 1 saturated heterocycles. The maximum atomic E-state index is 12.1. The summed E-state index contributed by atoms with van der Waals surface area (Å²) in [6.45, 7) is 7.19. The number of carbonyl (C=O) groups is 1. The molecule has 0 saturated carbocycles. The second-order valence-electron chi connectivity index (χ2n) is 8.34. The monoisotopic (exact) mass is 377 g/mol. The first-order chi connectivity index (χ1) is 13.6. The zero-order valence-corrected chi connectivity index (χ0v) is 17.2. The summed E-state index contributed by atoms with van der Waals surface area (Å²) in [5.74, 6) is 0.0472. The van der Waals surface area contributed by atoms with E-state index in [0.717, 1.165) is 25.1 Å². The van der Waals surface area contributed by atoms with Crippen LogP contribution < -0.4 is 0 Å². The Morgan fingerprint density at radius 2 is 1.54 bits per heavy atom. The lowest BCUT2D eigenvalue weighted by Gasteiger charge is -2.30. The molecule has 1 fully saturated rings. The van der Waals surface area contributed by atoms with Gasteiger partial charge in [0, 0.05) is 45.8 Å². The van der Waals surface area contributed by atoms with Crippen LogP contribution in [-0.2, 0) is 13.0 Å². The van der Waals surface area contributed by atoms with E-state index >= 15 is 0 Å². The Morgan fingerprint density at radius 1 is 0.857 bits per heavy atom. The van der Waals surface area contributed by atoms with Crippen LogP contribution in [0.2, 0.25) is 0 Å². The van der Waals surface area contributed by atoms with E-state index in [2.05, 4.69) is 40.1 Å². The molecule has 148 valence electrons. The van der Waals surface area contributed by atoms with E-state index in [9.17, 15) is 4.79 Å². The molecular weight excluding hydrogens is 346 g/mol. The van der Waals surface area contributed by atoms with Gasteiger partial charge in [-0.2, -0.15) is 0 Å². The molecule has 0 N–H and O–H groups in total. The van der Waals surface area contributed by atoms with E-state index in [1.165, 1.54) is 61.3 Å². The number of rotatable bonds is 5. The zero-order chi connectivity index (χ0) is 19.5. The highest BCUT2D eigenvalue weighted by Gasteiger charge is 2.19.